The third-order valence-corrected chi connectivity index (χ3v) is 4.15. The summed E-state index contributed by atoms with van der Waals surface area (Å²) in [5.74, 6) is -0.949. The predicted octanol–water partition coefficient (Wildman–Crippen LogP) is 3.70. The van der Waals surface area contributed by atoms with Crippen LogP contribution in [0.15, 0.2) is 41.6 Å². The van der Waals surface area contributed by atoms with Gasteiger partial charge in [0.05, 0.1) is 12.1 Å². The van der Waals surface area contributed by atoms with Gasteiger partial charge >= 0.3 is 5.97 Å². The standard InChI is InChI=1S/C19H26N2O3.ClH/c1-2-7-17(16-8-4-3-5-9-16)14-20-24-13-12-21-11-6-10-18(15-21)19(22)23;/h3-5,7-9,14,18H,2,6,10-13,15H2,1H3,(H,22,23);1H. The highest BCUT2D eigenvalue weighted by Crippen LogP contribution is 2.16. The summed E-state index contributed by atoms with van der Waals surface area (Å²) in [6.07, 6.45) is 6.49. The minimum atomic E-state index is -0.698. The number of hydrogen-bond donors (Lipinski definition) is 1. The molecule has 0 bridgehead atoms. The number of likely N-dealkylation sites (tertiary alicyclic amines) is 1. The maximum Gasteiger partial charge on any atom is 0.307 e. The Morgan fingerprint density at radius 3 is 2.84 bits per heavy atom. The van der Waals surface area contributed by atoms with Crippen molar-refractivity contribution in [2.24, 2.45) is 11.1 Å². The molecule has 6 heteroatoms. The van der Waals surface area contributed by atoms with E-state index in [1.807, 2.05) is 30.3 Å². The first-order valence-electron chi connectivity index (χ1n) is 8.56. The number of nitrogens with zero attached hydrogens (tertiary/aromatic N) is 2. The van der Waals surface area contributed by atoms with E-state index in [0.29, 0.717) is 19.7 Å². The maximum absolute atomic E-state index is 11.1. The molecular weight excluding hydrogens is 340 g/mol. The van der Waals surface area contributed by atoms with E-state index >= 15 is 0 Å². The van der Waals surface area contributed by atoms with E-state index in [4.69, 9.17) is 9.94 Å². The van der Waals surface area contributed by atoms with Gasteiger partial charge in [-0.3, -0.25) is 9.69 Å². The lowest BCUT2D eigenvalue weighted by Crippen LogP contribution is -2.40. The Labute approximate surface area is 155 Å². The molecule has 0 amide bonds. The van der Waals surface area contributed by atoms with Crippen LogP contribution in [0.3, 0.4) is 0 Å². The van der Waals surface area contributed by atoms with Crippen LogP contribution in [0.2, 0.25) is 0 Å². The van der Waals surface area contributed by atoms with E-state index in [2.05, 4.69) is 23.1 Å². The molecule has 1 unspecified atom stereocenters. The summed E-state index contributed by atoms with van der Waals surface area (Å²) in [6.45, 7) is 4.80. The molecule has 1 saturated heterocycles. The van der Waals surface area contributed by atoms with Crippen LogP contribution in [0.1, 0.15) is 31.7 Å². The fourth-order valence-electron chi connectivity index (χ4n) is 2.87. The Morgan fingerprint density at radius 2 is 2.16 bits per heavy atom. The summed E-state index contributed by atoms with van der Waals surface area (Å²) in [6, 6.07) is 10.1. The normalized spacial score (nSPS) is 18.8. The monoisotopic (exact) mass is 366 g/mol. The van der Waals surface area contributed by atoms with Crippen molar-refractivity contribution in [3.63, 3.8) is 0 Å². The van der Waals surface area contributed by atoms with Gasteiger partial charge in [0, 0.05) is 13.1 Å². The van der Waals surface area contributed by atoms with Crippen molar-refractivity contribution < 1.29 is 14.7 Å². The number of carboxylic acid groups (broad SMARTS) is 1. The Balaban J connectivity index is 0.00000312. The molecule has 0 aromatic heterocycles. The topological polar surface area (TPSA) is 62.1 Å². The largest absolute Gasteiger partial charge is 0.481 e. The summed E-state index contributed by atoms with van der Waals surface area (Å²) < 4.78 is 0. The molecule has 1 heterocycles. The summed E-state index contributed by atoms with van der Waals surface area (Å²) in [4.78, 5) is 18.6. The van der Waals surface area contributed by atoms with Crippen molar-refractivity contribution in [3.05, 3.63) is 42.0 Å². The lowest BCUT2D eigenvalue weighted by molar-refractivity contribution is -0.143. The van der Waals surface area contributed by atoms with E-state index in [-0.39, 0.29) is 18.3 Å². The number of aliphatic carboxylic acids is 1. The third kappa shape index (κ3) is 7.28. The smallest absolute Gasteiger partial charge is 0.307 e. The average Bonchev–Trinajstić information content (AvgIpc) is 2.61. The number of oxime groups is 1. The molecule has 5 nitrogen and oxygen atoms in total. The number of carbonyl (C=O) groups is 1. The first kappa shape index (κ1) is 21.2. The molecule has 0 saturated carbocycles. The van der Waals surface area contributed by atoms with Crippen LogP contribution in [-0.2, 0) is 9.63 Å². The molecule has 138 valence electrons. The molecule has 1 fully saturated rings. The quantitative estimate of drug-likeness (QED) is 0.433. The van der Waals surface area contributed by atoms with Crippen molar-refractivity contribution in [2.45, 2.75) is 26.2 Å². The molecule has 2 rings (SSSR count). The van der Waals surface area contributed by atoms with Crippen molar-refractivity contribution in [1.82, 2.24) is 4.90 Å². The van der Waals surface area contributed by atoms with Gasteiger partial charge in [0.15, 0.2) is 0 Å². The van der Waals surface area contributed by atoms with Gasteiger partial charge in [0.2, 0.25) is 0 Å². The second kappa shape index (κ2) is 11.7. The Morgan fingerprint density at radius 1 is 1.40 bits per heavy atom. The van der Waals surface area contributed by atoms with Gasteiger partial charge in [-0.2, -0.15) is 0 Å². The van der Waals surface area contributed by atoms with Gasteiger partial charge in [0.25, 0.3) is 0 Å². The number of allylic oxidation sites excluding steroid dienone is 2. The predicted molar refractivity (Wildman–Crippen MR) is 103 cm³/mol. The van der Waals surface area contributed by atoms with Crippen LogP contribution in [-0.4, -0.2) is 48.4 Å². The Hall–Kier alpha value is -1.85. The highest BCUT2D eigenvalue weighted by molar-refractivity contribution is 6.09. The Bertz CT molecular complexity index is 575. The molecule has 1 aromatic carbocycles. The molecule has 1 atom stereocenters. The highest BCUT2D eigenvalue weighted by Gasteiger charge is 2.24. The molecule has 1 aromatic rings. The van der Waals surface area contributed by atoms with Crippen LogP contribution in [0.25, 0.3) is 5.57 Å². The first-order valence-corrected chi connectivity index (χ1v) is 8.56. The van der Waals surface area contributed by atoms with E-state index < -0.39 is 5.97 Å². The molecule has 0 aliphatic carbocycles. The van der Waals surface area contributed by atoms with Gasteiger partial charge in [-0.15, -0.1) is 12.4 Å². The summed E-state index contributed by atoms with van der Waals surface area (Å²) in [5, 5.41) is 13.2. The zero-order chi connectivity index (χ0) is 17.2. The van der Waals surface area contributed by atoms with Gasteiger partial charge in [-0.1, -0.05) is 48.5 Å². The van der Waals surface area contributed by atoms with Gasteiger partial charge in [-0.25, -0.2) is 0 Å². The lowest BCUT2D eigenvalue weighted by atomic mass is 9.98. The number of hydrogen-bond acceptors (Lipinski definition) is 4. The number of benzene rings is 1. The fraction of sp³-hybridized carbons (Fsp3) is 0.474. The minimum Gasteiger partial charge on any atom is -0.481 e. The zero-order valence-electron chi connectivity index (χ0n) is 14.6. The molecule has 1 aliphatic heterocycles. The average molecular weight is 367 g/mol. The number of rotatable bonds is 8. The molecule has 1 aliphatic rings. The molecule has 25 heavy (non-hydrogen) atoms. The van der Waals surface area contributed by atoms with Crippen molar-refractivity contribution in [2.75, 3.05) is 26.2 Å². The second-order valence-corrected chi connectivity index (χ2v) is 5.98. The van der Waals surface area contributed by atoms with Gasteiger partial charge < -0.3 is 9.94 Å². The SMILES string of the molecule is CCC=C(C=NOCCN1CCCC(C(=O)O)C1)c1ccccc1.Cl. The molecular formula is C19H27ClN2O3. The highest BCUT2D eigenvalue weighted by atomic mass is 35.5. The minimum absolute atomic E-state index is 0. The van der Waals surface area contributed by atoms with E-state index in [1.165, 1.54) is 0 Å². The van der Waals surface area contributed by atoms with Crippen LogP contribution >= 0.6 is 12.4 Å². The van der Waals surface area contributed by atoms with E-state index in [1.54, 1.807) is 6.21 Å². The number of piperidine rings is 1. The van der Waals surface area contributed by atoms with Crippen molar-refractivity contribution in [1.29, 1.82) is 0 Å². The van der Waals surface area contributed by atoms with Gasteiger partial charge in [0.1, 0.15) is 6.61 Å². The molecule has 0 spiro atoms. The van der Waals surface area contributed by atoms with Crippen LogP contribution in [0.5, 0.6) is 0 Å². The van der Waals surface area contributed by atoms with Crippen LogP contribution in [0.4, 0.5) is 0 Å². The fourth-order valence-corrected chi connectivity index (χ4v) is 2.87. The Kier molecular flexibility index (Phi) is 9.88. The number of halogens is 1. The molecule has 0 radical (unpaired) electrons. The van der Waals surface area contributed by atoms with Crippen LogP contribution < -0.4 is 0 Å². The number of carboxylic acids is 1. The molecule has 1 N–H and O–H groups in total. The van der Waals surface area contributed by atoms with Crippen molar-refractivity contribution >= 4 is 30.2 Å². The summed E-state index contributed by atoms with van der Waals surface area (Å²) >= 11 is 0. The van der Waals surface area contributed by atoms with E-state index in [9.17, 15) is 4.79 Å². The van der Waals surface area contributed by atoms with Crippen molar-refractivity contribution in [3.8, 4) is 0 Å². The third-order valence-electron chi connectivity index (χ3n) is 4.15. The summed E-state index contributed by atoms with van der Waals surface area (Å²) in [5.41, 5.74) is 2.16. The second-order valence-electron chi connectivity index (χ2n) is 5.98. The first-order chi connectivity index (χ1) is 11.7. The lowest BCUT2D eigenvalue weighted by Gasteiger charge is -2.29. The van der Waals surface area contributed by atoms with E-state index in [0.717, 1.165) is 36.9 Å². The summed E-state index contributed by atoms with van der Waals surface area (Å²) in [7, 11) is 0. The zero-order valence-corrected chi connectivity index (χ0v) is 15.5. The maximum atomic E-state index is 11.1. The van der Waals surface area contributed by atoms with Gasteiger partial charge in [-0.05, 0) is 36.9 Å². The van der Waals surface area contributed by atoms with Crippen LogP contribution in [0, 0.1) is 5.92 Å².